The number of ether oxygens (including phenoxy) is 3. The maximum Gasteiger partial charge on any atom is 0.315 e. The molecule has 2 atom stereocenters. The first-order valence-corrected chi connectivity index (χ1v) is 8.88. The zero-order valence-electron chi connectivity index (χ0n) is 14.7. The van der Waals surface area contributed by atoms with Gasteiger partial charge in [0.15, 0.2) is 17.3 Å². The molecule has 0 saturated carbocycles. The Morgan fingerprint density at radius 2 is 2.12 bits per heavy atom. The van der Waals surface area contributed by atoms with Gasteiger partial charge in [-0.15, -0.1) is 0 Å². The lowest BCUT2D eigenvalue weighted by atomic mass is 9.71. The molecule has 6 heteroatoms. The van der Waals surface area contributed by atoms with Crippen LogP contribution in [0.15, 0.2) is 41.7 Å². The number of carbonyl (C=O) groups excluding carboxylic acids is 2. The number of esters is 1. The van der Waals surface area contributed by atoms with Crippen molar-refractivity contribution in [2.45, 2.75) is 32.1 Å². The van der Waals surface area contributed by atoms with Crippen LogP contribution in [0.4, 0.5) is 0 Å². The lowest BCUT2D eigenvalue weighted by Gasteiger charge is -2.38. The quantitative estimate of drug-likeness (QED) is 0.841. The Kier molecular flexibility index (Phi) is 4.18. The Balaban J connectivity index is 1.84. The molecule has 2 unspecified atom stereocenters. The van der Waals surface area contributed by atoms with Gasteiger partial charge in [-0.3, -0.25) is 9.59 Å². The predicted octanol–water partition coefficient (Wildman–Crippen LogP) is 2.80. The molecule has 1 aliphatic carbocycles. The number of hydrogen-bond donors (Lipinski definition) is 1. The van der Waals surface area contributed by atoms with Gasteiger partial charge < -0.3 is 19.5 Å². The Bertz CT molecular complexity index is 825. The lowest BCUT2D eigenvalue weighted by Crippen LogP contribution is -2.41. The van der Waals surface area contributed by atoms with Crippen LogP contribution in [0.25, 0.3) is 0 Å². The third kappa shape index (κ3) is 2.66. The van der Waals surface area contributed by atoms with E-state index in [2.05, 4.69) is 11.9 Å². The monoisotopic (exact) mass is 355 g/mol. The predicted molar refractivity (Wildman–Crippen MR) is 93.6 cm³/mol. The van der Waals surface area contributed by atoms with E-state index in [0.717, 1.165) is 24.1 Å². The minimum atomic E-state index is -0.656. The molecule has 6 nitrogen and oxygen atoms in total. The second kappa shape index (κ2) is 6.52. The Hall–Kier alpha value is -2.76. The Labute approximate surface area is 151 Å². The second-order valence-corrected chi connectivity index (χ2v) is 6.64. The molecule has 4 rings (SSSR count). The van der Waals surface area contributed by atoms with E-state index in [0.29, 0.717) is 29.2 Å². The van der Waals surface area contributed by atoms with E-state index in [1.807, 2.05) is 18.2 Å². The van der Waals surface area contributed by atoms with Crippen molar-refractivity contribution in [2.24, 2.45) is 5.92 Å². The number of benzene rings is 1. The van der Waals surface area contributed by atoms with E-state index in [9.17, 15) is 9.59 Å². The molecular weight excluding hydrogens is 334 g/mol. The highest BCUT2D eigenvalue weighted by atomic mass is 16.7. The van der Waals surface area contributed by atoms with E-state index in [1.54, 1.807) is 6.92 Å². The molecule has 0 spiro atoms. The molecule has 0 radical (unpaired) electrons. The van der Waals surface area contributed by atoms with E-state index in [1.165, 1.54) is 0 Å². The molecule has 1 aromatic carbocycles. The molecule has 136 valence electrons. The molecular formula is C20H21NO5. The molecule has 0 amide bonds. The van der Waals surface area contributed by atoms with Crippen LogP contribution < -0.4 is 14.8 Å². The summed E-state index contributed by atoms with van der Waals surface area (Å²) >= 11 is 0. The molecule has 1 aromatic rings. The number of carbonyl (C=O) groups is 2. The Morgan fingerprint density at radius 1 is 1.31 bits per heavy atom. The fourth-order valence-electron chi connectivity index (χ4n) is 3.97. The first-order valence-electron chi connectivity index (χ1n) is 8.88. The van der Waals surface area contributed by atoms with Gasteiger partial charge in [-0.1, -0.05) is 12.6 Å². The summed E-state index contributed by atoms with van der Waals surface area (Å²) in [6, 6.07) is 5.55. The van der Waals surface area contributed by atoms with Crippen LogP contribution in [0.1, 0.15) is 37.7 Å². The zero-order valence-corrected chi connectivity index (χ0v) is 14.7. The number of rotatable bonds is 3. The van der Waals surface area contributed by atoms with Crippen molar-refractivity contribution in [3.05, 3.63) is 47.3 Å². The summed E-state index contributed by atoms with van der Waals surface area (Å²) in [6.45, 7) is 6.26. The Morgan fingerprint density at radius 3 is 2.92 bits per heavy atom. The minimum absolute atomic E-state index is 0.0724. The fraction of sp³-hybridized carbons (Fsp3) is 0.400. The van der Waals surface area contributed by atoms with Crippen LogP contribution in [-0.2, 0) is 14.3 Å². The molecule has 26 heavy (non-hydrogen) atoms. The highest BCUT2D eigenvalue weighted by Crippen LogP contribution is 2.46. The number of Topliss-reactive ketones (excluding diaryl/α,β-unsaturated/α-hetero) is 1. The van der Waals surface area contributed by atoms with Crippen molar-refractivity contribution in [1.29, 1.82) is 0 Å². The van der Waals surface area contributed by atoms with Gasteiger partial charge in [0.25, 0.3) is 0 Å². The average molecular weight is 355 g/mol. The molecule has 0 fully saturated rings. The van der Waals surface area contributed by atoms with E-state index >= 15 is 0 Å². The van der Waals surface area contributed by atoms with Crippen molar-refractivity contribution in [3.63, 3.8) is 0 Å². The van der Waals surface area contributed by atoms with Gasteiger partial charge in [0.05, 0.1) is 6.61 Å². The van der Waals surface area contributed by atoms with Crippen LogP contribution in [0.2, 0.25) is 0 Å². The fourth-order valence-corrected chi connectivity index (χ4v) is 3.97. The van der Waals surface area contributed by atoms with Gasteiger partial charge in [-0.05, 0) is 37.5 Å². The van der Waals surface area contributed by atoms with Crippen molar-refractivity contribution < 1.29 is 23.8 Å². The largest absolute Gasteiger partial charge is 0.465 e. The molecule has 0 saturated heterocycles. The maximum atomic E-state index is 12.7. The average Bonchev–Trinajstić information content (AvgIpc) is 3.08. The van der Waals surface area contributed by atoms with Crippen LogP contribution >= 0.6 is 0 Å². The van der Waals surface area contributed by atoms with Crippen molar-refractivity contribution >= 4 is 11.8 Å². The summed E-state index contributed by atoms with van der Waals surface area (Å²) in [4.78, 5) is 25.4. The third-order valence-corrected chi connectivity index (χ3v) is 5.08. The smallest absolute Gasteiger partial charge is 0.315 e. The standard InChI is InChI=1S/C20H21NO5/c1-3-24-20(23)17-11(2)21-13-5-4-6-14(22)19(13)18(17)12-7-8-15-16(9-12)26-10-25-15/h7-9,17-18,21H,2-6,10H2,1H3. The summed E-state index contributed by atoms with van der Waals surface area (Å²) in [5.74, 6) is -0.102. The summed E-state index contributed by atoms with van der Waals surface area (Å²) in [5, 5.41) is 3.20. The highest BCUT2D eigenvalue weighted by Gasteiger charge is 2.44. The normalized spacial score (nSPS) is 24.2. The molecule has 0 bridgehead atoms. The van der Waals surface area contributed by atoms with E-state index < -0.39 is 11.8 Å². The number of allylic oxidation sites excluding steroid dienone is 2. The van der Waals surface area contributed by atoms with Crippen LogP contribution in [0.5, 0.6) is 11.5 Å². The summed E-state index contributed by atoms with van der Waals surface area (Å²) in [7, 11) is 0. The lowest BCUT2D eigenvalue weighted by molar-refractivity contribution is -0.147. The molecule has 2 heterocycles. The summed E-state index contributed by atoms with van der Waals surface area (Å²) in [5.41, 5.74) is 2.94. The molecule has 3 aliphatic rings. The van der Waals surface area contributed by atoms with Crippen LogP contribution in [0.3, 0.4) is 0 Å². The van der Waals surface area contributed by atoms with Crippen LogP contribution in [0, 0.1) is 5.92 Å². The number of nitrogens with one attached hydrogen (secondary N) is 1. The SMILES string of the molecule is C=C1NC2=C(C(=O)CCC2)C(c2ccc3c(c2)OCO3)C1C(=O)OCC. The summed E-state index contributed by atoms with van der Waals surface area (Å²) in [6.07, 6.45) is 2.07. The first kappa shape index (κ1) is 16.7. The van der Waals surface area contributed by atoms with E-state index in [4.69, 9.17) is 14.2 Å². The van der Waals surface area contributed by atoms with Crippen LogP contribution in [-0.4, -0.2) is 25.2 Å². The number of fused-ring (bicyclic) bond motifs is 1. The van der Waals surface area contributed by atoms with Crippen molar-refractivity contribution in [3.8, 4) is 11.5 Å². The van der Waals surface area contributed by atoms with E-state index in [-0.39, 0.29) is 25.2 Å². The molecule has 0 aromatic heterocycles. The molecule has 2 aliphatic heterocycles. The maximum absolute atomic E-state index is 12.7. The number of hydrogen-bond acceptors (Lipinski definition) is 6. The van der Waals surface area contributed by atoms with Gasteiger partial charge in [0.1, 0.15) is 5.92 Å². The third-order valence-electron chi connectivity index (χ3n) is 5.08. The first-order chi connectivity index (χ1) is 12.6. The number of ketones is 1. The van der Waals surface area contributed by atoms with Gasteiger partial charge in [-0.25, -0.2) is 0 Å². The minimum Gasteiger partial charge on any atom is -0.465 e. The van der Waals surface area contributed by atoms with Gasteiger partial charge in [0.2, 0.25) is 6.79 Å². The van der Waals surface area contributed by atoms with Crippen molar-refractivity contribution in [2.75, 3.05) is 13.4 Å². The second-order valence-electron chi connectivity index (χ2n) is 6.64. The van der Waals surface area contributed by atoms with Gasteiger partial charge in [-0.2, -0.15) is 0 Å². The zero-order chi connectivity index (χ0) is 18.3. The highest BCUT2D eigenvalue weighted by molar-refractivity contribution is 6.00. The van der Waals surface area contributed by atoms with Crippen molar-refractivity contribution in [1.82, 2.24) is 5.32 Å². The summed E-state index contributed by atoms with van der Waals surface area (Å²) < 4.78 is 16.1. The molecule has 1 N–H and O–H groups in total. The topological polar surface area (TPSA) is 73.9 Å². The van der Waals surface area contributed by atoms with Gasteiger partial charge >= 0.3 is 5.97 Å². The van der Waals surface area contributed by atoms with Gasteiger partial charge in [0, 0.05) is 29.3 Å².